The molecule has 0 saturated carbocycles. The molecular weight excluding hydrogens is 330 g/mol. The Morgan fingerprint density at radius 2 is 2.05 bits per heavy atom. The normalized spacial score (nSPS) is 10.8. The lowest BCUT2D eigenvalue weighted by molar-refractivity contribution is 0.953. The van der Waals surface area contributed by atoms with E-state index in [1.54, 1.807) is 6.07 Å². The number of hydrogen-bond acceptors (Lipinski definition) is 3. The van der Waals surface area contributed by atoms with Gasteiger partial charge in [-0.1, -0.05) is 28.1 Å². The van der Waals surface area contributed by atoms with Crippen molar-refractivity contribution in [3.63, 3.8) is 0 Å². The molecule has 106 valence electrons. The molecule has 0 fully saturated rings. The van der Waals surface area contributed by atoms with E-state index >= 15 is 0 Å². The highest BCUT2D eigenvalue weighted by Crippen LogP contribution is 2.20. The smallest absolute Gasteiger partial charge is 0.258 e. The summed E-state index contributed by atoms with van der Waals surface area (Å²) in [6.07, 6.45) is 0. The summed E-state index contributed by atoms with van der Waals surface area (Å²) in [6.45, 7) is 2.51. The van der Waals surface area contributed by atoms with Crippen LogP contribution in [0, 0.1) is 6.92 Å². The Hall–Kier alpha value is -2.14. The van der Waals surface area contributed by atoms with Crippen LogP contribution in [-0.4, -0.2) is 9.97 Å². The highest BCUT2D eigenvalue weighted by atomic mass is 79.9. The number of rotatable bonds is 3. The summed E-state index contributed by atoms with van der Waals surface area (Å²) in [4.78, 5) is 19.3. The van der Waals surface area contributed by atoms with Crippen LogP contribution in [0.15, 0.2) is 51.7 Å². The quantitative estimate of drug-likeness (QED) is 0.763. The number of benzene rings is 2. The fraction of sp³-hybridized carbons (Fsp3) is 0.125. The second-order valence-corrected chi connectivity index (χ2v) is 5.70. The van der Waals surface area contributed by atoms with E-state index in [0.29, 0.717) is 23.3 Å². The Morgan fingerprint density at radius 3 is 2.86 bits per heavy atom. The SMILES string of the molecule is Cc1cc(NCc2nc3ccccc3c(=O)[nH]2)ccc1Br. The predicted octanol–water partition coefficient (Wildman–Crippen LogP) is 3.61. The van der Waals surface area contributed by atoms with E-state index in [9.17, 15) is 4.79 Å². The minimum absolute atomic E-state index is 0.107. The van der Waals surface area contributed by atoms with Crippen molar-refractivity contribution in [2.45, 2.75) is 13.5 Å². The molecule has 0 atom stereocenters. The predicted molar refractivity (Wildman–Crippen MR) is 88.6 cm³/mol. The molecule has 0 aliphatic heterocycles. The van der Waals surface area contributed by atoms with Crippen molar-refractivity contribution in [2.24, 2.45) is 0 Å². The summed E-state index contributed by atoms with van der Waals surface area (Å²) >= 11 is 3.47. The number of H-pyrrole nitrogens is 1. The average Bonchev–Trinajstić information content (AvgIpc) is 2.49. The number of aryl methyl sites for hydroxylation is 1. The van der Waals surface area contributed by atoms with Crippen LogP contribution in [0.2, 0.25) is 0 Å². The number of nitrogens with one attached hydrogen (secondary N) is 2. The van der Waals surface area contributed by atoms with Gasteiger partial charge < -0.3 is 10.3 Å². The third-order valence-electron chi connectivity index (χ3n) is 3.28. The van der Waals surface area contributed by atoms with Gasteiger partial charge >= 0.3 is 0 Å². The average molecular weight is 344 g/mol. The minimum atomic E-state index is -0.107. The van der Waals surface area contributed by atoms with Crippen molar-refractivity contribution in [3.8, 4) is 0 Å². The Bertz CT molecular complexity index is 858. The molecule has 4 nitrogen and oxygen atoms in total. The molecule has 1 heterocycles. The molecule has 0 aliphatic carbocycles. The van der Waals surface area contributed by atoms with Gasteiger partial charge in [0.05, 0.1) is 17.4 Å². The first-order valence-corrected chi connectivity index (χ1v) is 7.41. The van der Waals surface area contributed by atoms with Crippen LogP contribution in [0.1, 0.15) is 11.4 Å². The largest absolute Gasteiger partial charge is 0.378 e. The molecule has 2 aromatic carbocycles. The lowest BCUT2D eigenvalue weighted by Crippen LogP contribution is -2.14. The number of aromatic amines is 1. The maximum Gasteiger partial charge on any atom is 0.258 e. The van der Waals surface area contributed by atoms with Crippen molar-refractivity contribution in [3.05, 3.63) is 68.7 Å². The number of para-hydroxylation sites is 1. The lowest BCUT2D eigenvalue weighted by atomic mass is 10.2. The van der Waals surface area contributed by atoms with Crippen molar-refractivity contribution >= 4 is 32.5 Å². The van der Waals surface area contributed by atoms with Crippen LogP contribution < -0.4 is 10.9 Å². The number of hydrogen-bond donors (Lipinski definition) is 2. The van der Waals surface area contributed by atoms with Crippen LogP contribution in [0.5, 0.6) is 0 Å². The van der Waals surface area contributed by atoms with Gasteiger partial charge in [0.15, 0.2) is 0 Å². The topological polar surface area (TPSA) is 57.8 Å². The van der Waals surface area contributed by atoms with Gasteiger partial charge in [0.25, 0.3) is 5.56 Å². The van der Waals surface area contributed by atoms with Gasteiger partial charge in [-0.2, -0.15) is 0 Å². The summed E-state index contributed by atoms with van der Waals surface area (Å²) in [5, 5.41) is 3.88. The highest BCUT2D eigenvalue weighted by molar-refractivity contribution is 9.10. The molecule has 5 heteroatoms. The monoisotopic (exact) mass is 343 g/mol. The van der Waals surface area contributed by atoms with E-state index in [1.807, 2.05) is 43.3 Å². The molecule has 0 amide bonds. The van der Waals surface area contributed by atoms with Crippen LogP contribution >= 0.6 is 15.9 Å². The van der Waals surface area contributed by atoms with Gasteiger partial charge in [-0.3, -0.25) is 4.79 Å². The van der Waals surface area contributed by atoms with Crippen molar-refractivity contribution < 1.29 is 0 Å². The molecule has 0 bridgehead atoms. The molecule has 1 aromatic heterocycles. The third-order valence-corrected chi connectivity index (χ3v) is 4.17. The minimum Gasteiger partial charge on any atom is -0.378 e. The molecule has 0 spiro atoms. The molecule has 0 unspecified atom stereocenters. The van der Waals surface area contributed by atoms with Gasteiger partial charge in [0, 0.05) is 10.2 Å². The van der Waals surface area contributed by atoms with Crippen molar-refractivity contribution in [1.82, 2.24) is 9.97 Å². The first-order chi connectivity index (χ1) is 10.1. The number of aromatic nitrogens is 2. The van der Waals surface area contributed by atoms with Gasteiger partial charge in [0.2, 0.25) is 0 Å². The maximum atomic E-state index is 12.0. The van der Waals surface area contributed by atoms with Gasteiger partial charge in [-0.25, -0.2) is 4.98 Å². The van der Waals surface area contributed by atoms with E-state index in [0.717, 1.165) is 15.7 Å². The molecule has 0 aliphatic rings. The van der Waals surface area contributed by atoms with E-state index < -0.39 is 0 Å². The Balaban J connectivity index is 1.85. The Morgan fingerprint density at radius 1 is 1.24 bits per heavy atom. The standard InChI is InChI=1S/C16H14BrN3O/c1-10-8-11(6-7-13(10)17)18-9-15-19-14-5-3-2-4-12(14)16(21)20-15/h2-8,18H,9H2,1H3,(H,19,20,21). The van der Waals surface area contributed by atoms with Crippen molar-refractivity contribution in [2.75, 3.05) is 5.32 Å². The summed E-state index contributed by atoms with van der Waals surface area (Å²) in [5.41, 5.74) is 2.75. The Labute approximate surface area is 130 Å². The summed E-state index contributed by atoms with van der Waals surface area (Å²) < 4.78 is 1.07. The highest BCUT2D eigenvalue weighted by Gasteiger charge is 2.03. The number of anilines is 1. The molecular formula is C16H14BrN3O. The first kappa shape index (κ1) is 13.8. The maximum absolute atomic E-state index is 12.0. The zero-order valence-corrected chi connectivity index (χ0v) is 13.1. The van der Waals surface area contributed by atoms with Crippen LogP contribution in [0.4, 0.5) is 5.69 Å². The molecule has 3 aromatic rings. The van der Waals surface area contributed by atoms with Gasteiger partial charge in [-0.05, 0) is 42.8 Å². The van der Waals surface area contributed by atoms with E-state index in [2.05, 4.69) is 31.2 Å². The molecule has 2 N–H and O–H groups in total. The van der Waals surface area contributed by atoms with E-state index in [1.165, 1.54) is 0 Å². The molecule has 3 rings (SSSR count). The fourth-order valence-corrected chi connectivity index (χ4v) is 2.41. The second-order valence-electron chi connectivity index (χ2n) is 4.85. The summed E-state index contributed by atoms with van der Waals surface area (Å²) in [7, 11) is 0. The van der Waals surface area contributed by atoms with Crippen molar-refractivity contribution in [1.29, 1.82) is 0 Å². The van der Waals surface area contributed by atoms with Gasteiger partial charge in [0.1, 0.15) is 5.82 Å². The Kier molecular flexibility index (Phi) is 3.75. The van der Waals surface area contributed by atoms with E-state index in [4.69, 9.17) is 0 Å². The second kappa shape index (κ2) is 5.69. The van der Waals surface area contributed by atoms with Crippen LogP contribution in [0.25, 0.3) is 10.9 Å². The van der Waals surface area contributed by atoms with Gasteiger partial charge in [-0.15, -0.1) is 0 Å². The number of fused-ring (bicyclic) bond motifs is 1. The van der Waals surface area contributed by atoms with Crippen LogP contribution in [0.3, 0.4) is 0 Å². The molecule has 21 heavy (non-hydrogen) atoms. The molecule has 0 saturated heterocycles. The van der Waals surface area contributed by atoms with Crippen LogP contribution in [-0.2, 0) is 6.54 Å². The lowest BCUT2D eigenvalue weighted by Gasteiger charge is -2.08. The summed E-state index contributed by atoms with van der Waals surface area (Å²) in [6, 6.07) is 13.4. The number of nitrogens with zero attached hydrogens (tertiary/aromatic N) is 1. The zero-order valence-electron chi connectivity index (χ0n) is 11.5. The first-order valence-electron chi connectivity index (χ1n) is 6.61. The zero-order chi connectivity index (χ0) is 14.8. The third kappa shape index (κ3) is 2.97. The molecule has 0 radical (unpaired) electrons. The number of halogens is 1. The summed E-state index contributed by atoms with van der Waals surface area (Å²) in [5.74, 6) is 0.624. The fourth-order valence-electron chi connectivity index (χ4n) is 2.16. The van der Waals surface area contributed by atoms with E-state index in [-0.39, 0.29) is 5.56 Å².